The van der Waals surface area contributed by atoms with Crippen molar-refractivity contribution < 1.29 is 14.4 Å². The number of aryl methyl sites for hydroxylation is 1. The highest BCUT2D eigenvalue weighted by Crippen LogP contribution is 2.04. The molecular weight excluding hydrogens is 270 g/mol. The minimum Gasteiger partial charge on any atom is -0.344 e. The number of carbonyl (C=O) groups is 3. The van der Waals surface area contributed by atoms with E-state index in [1.807, 2.05) is 31.2 Å². The van der Waals surface area contributed by atoms with Crippen LogP contribution >= 0.6 is 0 Å². The maximum absolute atomic E-state index is 12.0. The fraction of sp³-hybridized carbons (Fsp3) is 0.400. The van der Waals surface area contributed by atoms with Gasteiger partial charge in [0.1, 0.15) is 0 Å². The zero-order chi connectivity index (χ0) is 15.2. The SMILES string of the molecule is Cc1cccc(CNC(=O)C(=O)N2CCN(C=O)CC2)c1. The lowest BCUT2D eigenvalue weighted by atomic mass is 10.1. The molecule has 2 rings (SSSR count). The van der Waals surface area contributed by atoms with E-state index in [2.05, 4.69) is 5.32 Å². The van der Waals surface area contributed by atoms with Crippen LogP contribution in [0.25, 0.3) is 0 Å². The second kappa shape index (κ2) is 6.88. The number of benzene rings is 1. The van der Waals surface area contributed by atoms with Gasteiger partial charge in [-0.15, -0.1) is 0 Å². The van der Waals surface area contributed by atoms with Crippen molar-refractivity contribution in [1.82, 2.24) is 15.1 Å². The van der Waals surface area contributed by atoms with Crippen LogP contribution in [0.1, 0.15) is 11.1 Å². The van der Waals surface area contributed by atoms with E-state index in [-0.39, 0.29) is 0 Å². The summed E-state index contributed by atoms with van der Waals surface area (Å²) in [6, 6.07) is 7.76. The smallest absolute Gasteiger partial charge is 0.312 e. The number of amides is 3. The van der Waals surface area contributed by atoms with Gasteiger partial charge in [-0.1, -0.05) is 29.8 Å². The lowest BCUT2D eigenvalue weighted by molar-refractivity contribution is -0.147. The molecule has 1 aliphatic rings. The number of carbonyl (C=O) groups excluding carboxylic acids is 3. The molecule has 1 fully saturated rings. The maximum Gasteiger partial charge on any atom is 0.312 e. The lowest BCUT2D eigenvalue weighted by Crippen LogP contribution is -2.52. The monoisotopic (exact) mass is 289 g/mol. The third kappa shape index (κ3) is 4.05. The van der Waals surface area contributed by atoms with Crippen LogP contribution in [-0.4, -0.2) is 54.2 Å². The Morgan fingerprint density at radius 3 is 2.57 bits per heavy atom. The first-order chi connectivity index (χ1) is 10.1. The third-order valence-corrected chi connectivity index (χ3v) is 3.48. The van der Waals surface area contributed by atoms with Crippen LogP contribution < -0.4 is 5.32 Å². The summed E-state index contributed by atoms with van der Waals surface area (Å²) in [7, 11) is 0. The summed E-state index contributed by atoms with van der Waals surface area (Å²) >= 11 is 0. The first-order valence-corrected chi connectivity index (χ1v) is 6.92. The molecule has 6 heteroatoms. The van der Waals surface area contributed by atoms with Gasteiger partial charge in [0.15, 0.2) is 0 Å². The predicted molar refractivity (Wildman–Crippen MR) is 77.2 cm³/mol. The molecule has 0 bridgehead atoms. The van der Waals surface area contributed by atoms with Gasteiger partial charge >= 0.3 is 11.8 Å². The van der Waals surface area contributed by atoms with Crippen LogP contribution in [0.3, 0.4) is 0 Å². The maximum atomic E-state index is 12.0. The Hall–Kier alpha value is -2.37. The number of hydrogen-bond acceptors (Lipinski definition) is 3. The minimum atomic E-state index is -0.601. The van der Waals surface area contributed by atoms with E-state index < -0.39 is 11.8 Å². The Kier molecular flexibility index (Phi) is 4.92. The Bertz CT molecular complexity index is 537. The van der Waals surface area contributed by atoms with Crippen LogP contribution in [0, 0.1) is 6.92 Å². The highest BCUT2D eigenvalue weighted by Gasteiger charge is 2.25. The minimum absolute atomic E-state index is 0.334. The molecule has 21 heavy (non-hydrogen) atoms. The van der Waals surface area contributed by atoms with Gasteiger partial charge in [-0.25, -0.2) is 0 Å². The fourth-order valence-electron chi connectivity index (χ4n) is 2.25. The van der Waals surface area contributed by atoms with E-state index >= 15 is 0 Å². The van der Waals surface area contributed by atoms with Gasteiger partial charge in [-0.3, -0.25) is 14.4 Å². The van der Waals surface area contributed by atoms with Crippen molar-refractivity contribution in [2.24, 2.45) is 0 Å². The van der Waals surface area contributed by atoms with E-state index in [0.717, 1.165) is 17.5 Å². The van der Waals surface area contributed by atoms with Crippen molar-refractivity contribution in [1.29, 1.82) is 0 Å². The number of hydrogen-bond donors (Lipinski definition) is 1. The Labute approximate surface area is 123 Å². The number of nitrogens with zero attached hydrogens (tertiary/aromatic N) is 2. The second-order valence-corrected chi connectivity index (χ2v) is 5.11. The van der Waals surface area contributed by atoms with Crippen LogP contribution in [-0.2, 0) is 20.9 Å². The molecule has 0 saturated carbocycles. The van der Waals surface area contributed by atoms with E-state index in [1.54, 1.807) is 4.90 Å². The standard InChI is InChI=1S/C15H19N3O3/c1-12-3-2-4-13(9-12)10-16-14(20)15(21)18-7-5-17(11-19)6-8-18/h2-4,9,11H,5-8,10H2,1H3,(H,16,20). The molecule has 1 aromatic rings. The van der Waals surface area contributed by atoms with Gasteiger partial charge in [-0.05, 0) is 12.5 Å². The van der Waals surface area contributed by atoms with E-state index in [1.165, 1.54) is 4.90 Å². The van der Waals surface area contributed by atoms with Gasteiger partial charge in [0, 0.05) is 32.7 Å². The van der Waals surface area contributed by atoms with Crippen molar-refractivity contribution in [3.63, 3.8) is 0 Å². The van der Waals surface area contributed by atoms with Crippen molar-refractivity contribution in [3.05, 3.63) is 35.4 Å². The highest BCUT2D eigenvalue weighted by atomic mass is 16.2. The van der Waals surface area contributed by atoms with E-state index in [0.29, 0.717) is 32.7 Å². The molecule has 3 amide bonds. The normalized spacial score (nSPS) is 14.7. The molecule has 1 aliphatic heterocycles. The molecule has 112 valence electrons. The zero-order valence-corrected chi connectivity index (χ0v) is 12.0. The first-order valence-electron chi connectivity index (χ1n) is 6.92. The van der Waals surface area contributed by atoms with Crippen LogP contribution in [0.15, 0.2) is 24.3 Å². The van der Waals surface area contributed by atoms with Crippen molar-refractivity contribution in [2.75, 3.05) is 26.2 Å². The first kappa shape index (κ1) is 15.0. The van der Waals surface area contributed by atoms with Crippen LogP contribution in [0.5, 0.6) is 0 Å². The van der Waals surface area contributed by atoms with Crippen molar-refractivity contribution in [2.45, 2.75) is 13.5 Å². The van der Waals surface area contributed by atoms with Crippen LogP contribution in [0.4, 0.5) is 0 Å². The average Bonchev–Trinajstić information content (AvgIpc) is 2.52. The second-order valence-electron chi connectivity index (χ2n) is 5.11. The van der Waals surface area contributed by atoms with E-state index in [9.17, 15) is 14.4 Å². The number of piperazine rings is 1. The van der Waals surface area contributed by atoms with Gasteiger partial charge < -0.3 is 15.1 Å². The molecular formula is C15H19N3O3. The van der Waals surface area contributed by atoms with Gasteiger partial charge in [-0.2, -0.15) is 0 Å². The zero-order valence-electron chi connectivity index (χ0n) is 12.0. The topological polar surface area (TPSA) is 69.7 Å². The quantitative estimate of drug-likeness (QED) is 0.624. The Balaban J connectivity index is 1.83. The summed E-state index contributed by atoms with van der Waals surface area (Å²) in [5.74, 6) is -1.13. The summed E-state index contributed by atoms with van der Waals surface area (Å²) in [6.07, 6.45) is 0.764. The molecule has 1 N–H and O–H groups in total. The number of nitrogens with one attached hydrogen (secondary N) is 1. The Morgan fingerprint density at radius 2 is 1.95 bits per heavy atom. The largest absolute Gasteiger partial charge is 0.344 e. The fourth-order valence-corrected chi connectivity index (χ4v) is 2.25. The molecule has 1 aromatic carbocycles. The summed E-state index contributed by atoms with van der Waals surface area (Å²) in [4.78, 5) is 37.5. The summed E-state index contributed by atoms with van der Waals surface area (Å²) in [6.45, 7) is 4.05. The summed E-state index contributed by atoms with van der Waals surface area (Å²) < 4.78 is 0. The van der Waals surface area contributed by atoms with Gasteiger partial charge in [0.2, 0.25) is 6.41 Å². The molecule has 0 spiro atoms. The van der Waals surface area contributed by atoms with Gasteiger partial charge in [0.25, 0.3) is 0 Å². The van der Waals surface area contributed by atoms with Gasteiger partial charge in [0.05, 0.1) is 0 Å². The van der Waals surface area contributed by atoms with Crippen molar-refractivity contribution >= 4 is 18.2 Å². The molecule has 1 saturated heterocycles. The van der Waals surface area contributed by atoms with Crippen LogP contribution in [0.2, 0.25) is 0 Å². The van der Waals surface area contributed by atoms with E-state index in [4.69, 9.17) is 0 Å². The summed E-state index contributed by atoms with van der Waals surface area (Å²) in [5, 5.41) is 2.64. The average molecular weight is 289 g/mol. The molecule has 0 unspecified atom stereocenters. The molecule has 0 radical (unpaired) electrons. The molecule has 1 heterocycles. The Morgan fingerprint density at radius 1 is 1.24 bits per heavy atom. The highest BCUT2D eigenvalue weighted by molar-refractivity contribution is 6.35. The third-order valence-electron chi connectivity index (χ3n) is 3.48. The number of rotatable bonds is 3. The molecule has 0 aromatic heterocycles. The van der Waals surface area contributed by atoms with Crippen molar-refractivity contribution in [3.8, 4) is 0 Å². The lowest BCUT2D eigenvalue weighted by Gasteiger charge is -2.31. The predicted octanol–water partition coefficient (Wildman–Crippen LogP) is -0.0882. The molecule has 0 atom stereocenters. The molecule has 6 nitrogen and oxygen atoms in total. The molecule has 0 aliphatic carbocycles. The summed E-state index contributed by atoms with van der Waals surface area (Å²) in [5.41, 5.74) is 2.07.